The molecule has 0 bridgehead atoms. The van der Waals surface area contributed by atoms with Crippen LogP contribution in [0.4, 0.5) is 0 Å². The summed E-state index contributed by atoms with van der Waals surface area (Å²) >= 11 is 6.26. The molecule has 7 rings (SSSR count). The molecule has 15 heteroatoms. The fourth-order valence-corrected chi connectivity index (χ4v) is 11.8. The van der Waals surface area contributed by atoms with Gasteiger partial charge in [-0.05, 0) is 54.8 Å². The molecule has 3 aromatic carbocycles. The summed E-state index contributed by atoms with van der Waals surface area (Å²) in [6.45, 7) is 1.97. The van der Waals surface area contributed by atoms with Crippen LogP contribution in [-0.2, 0) is 36.1 Å². The smallest absolute Gasteiger partial charge is 0.269 e. The molecule has 0 saturated carbocycles. The predicted molar refractivity (Wildman–Crippen MR) is 189 cm³/mol. The van der Waals surface area contributed by atoms with Gasteiger partial charge in [-0.2, -0.15) is 4.31 Å². The van der Waals surface area contributed by atoms with E-state index < -0.39 is 48.7 Å². The van der Waals surface area contributed by atoms with Crippen LogP contribution in [0.15, 0.2) is 94.9 Å². The van der Waals surface area contributed by atoms with Crippen molar-refractivity contribution in [3.8, 4) is 0 Å². The summed E-state index contributed by atoms with van der Waals surface area (Å²) in [5.74, 6) is -0.417. The van der Waals surface area contributed by atoms with E-state index in [2.05, 4.69) is 21.9 Å². The van der Waals surface area contributed by atoms with Gasteiger partial charge in [-0.3, -0.25) is 14.6 Å². The van der Waals surface area contributed by atoms with Crippen LogP contribution < -0.4 is 0 Å². The van der Waals surface area contributed by atoms with Gasteiger partial charge in [-0.15, -0.1) is 0 Å². The molecule has 3 aliphatic heterocycles. The van der Waals surface area contributed by atoms with Gasteiger partial charge in [-0.25, -0.2) is 20.8 Å². The van der Waals surface area contributed by atoms with Gasteiger partial charge in [0.2, 0.25) is 5.91 Å². The Morgan fingerprint density at radius 1 is 0.880 bits per heavy atom. The minimum Gasteiger partial charge on any atom is -0.395 e. The lowest BCUT2D eigenvalue weighted by Crippen LogP contribution is -2.71. The number of likely N-dealkylation sites (tertiary alicyclic amines) is 1. The zero-order chi connectivity index (χ0) is 35.3. The molecule has 4 aromatic rings. The predicted octanol–water partition coefficient (Wildman–Crippen LogP) is 3.05. The summed E-state index contributed by atoms with van der Waals surface area (Å²) in [6, 6.07) is 23.6. The maximum Gasteiger partial charge on any atom is 0.269 e. The maximum absolute atomic E-state index is 14.8. The molecule has 50 heavy (non-hydrogen) atoms. The highest BCUT2D eigenvalue weighted by molar-refractivity contribution is 7.92. The molecular weight excluding hydrogens is 702 g/mol. The van der Waals surface area contributed by atoms with E-state index in [4.69, 9.17) is 16.3 Å². The number of β-amino-alcohol motifs (C(OH)–C–C–N with tert-alkyl or cyclic N) is 1. The molecule has 1 N–H and O–H groups in total. The van der Waals surface area contributed by atoms with Crippen molar-refractivity contribution in [3.05, 3.63) is 95.5 Å². The van der Waals surface area contributed by atoms with Crippen LogP contribution in [-0.4, -0.2) is 122 Å². The first kappa shape index (κ1) is 35.1. The number of methoxy groups -OCH3 is 1. The second-order valence-electron chi connectivity index (χ2n) is 13.3. The number of benzene rings is 3. The molecule has 1 atom stereocenters. The summed E-state index contributed by atoms with van der Waals surface area (Å²) in [5, 5.41) is 10.5. The van der Waals surface area contributed by atoms with Crippen molar-refractivity contribution in [1.82, 2.24) is 23.0 Å². The molecule has 4 heterocycles. The number of sulfonamides is 1. The minimum atomic E-state index is -4.64. The fraction of sp³-hybridized carbons (Fsp3) is 0.400. The highest BCUT2D eigenvalue weighted by atomic mass is 35.5. The zero-order valence-electron chi connectivity index (χ0n) is 27.7. The Hall–Kier alpha value is -3.34. The Bertz CT molecular complexity index is 2110. The lowest BCUT2D eigenvalue weighted by Gasteiger charge is -2.52. The highest BCUT2D eigenvalue weighted by Gasteiger charge is 2.64. The van der Waals surface area contributed by atoms with Gasteiger partial charge in [0.15, 0.2) is 5.03 Å². The summed E-state index contributed by atoms with van der Waals surface area (Å²) in [6.07, 6.45) is 1.40. The van der Waals surface area contributed by atoms with Crippen LogP contribution in [0.5, 0.6) is 0 Å². The molecule has 3 fully saturated rings. The number of aliphatic hydroxyl groups is 1. The first-order valence-corrected chi connectivity index (χ1v) is 19.8. The highest BCUT2D eigenvalue weighted by Crippen LogP contribution is 2.47. The number of ether oxygens (including phenoxy) is 1. The van der Waals surface area contributed by atoms with E-state index in [1.54, 1.807) is 23.1 Å². The first-order valence-electron chi connectivity index (χ1n) is 16.5. The monoisotopic (exact) mass is 741 g/mol. The third-order valence-electron chi connectivity index (χ3n) is 10.4. The number of halogens is 1. The van der Waals surface area contributed by atoms with Gasteiger partial charge in [-0.1, -0.05) is 60.1 Å². The standard InChI is InChI=1S/C35H40ClN5O7S2/c1-48-26-35-25-38(50(46,47)33-21-28-20-29(36)12-13-31(28)41(33)49(44,45)30-10-6-3-7-11-30)23-32(43)39(35)24-34(40(35)18-19-42)14-16-37(17-15-34)22-27-8-4-2-5-9-27/h2-13,20-21,42H,14-19,22-26H2,1H3. The number of piperidine rings is 1. The molecule has 1 unspecified atom stereocenters. The van der Waals surface area contributed by atoms with Crippen LogP contribution in [0, 0.1) is 0 Å². The largest absolute Gasteiger partial charge is 0.395 e. The van der Waals surface area contributed by atoms with Crippen LogP contribution in [0.3, 0.4) is 0 Å². The van der Waals surface area contributed by atoms with E-state index in [1.807, 2.05) is 18.2 Å². The van der Waals surface area contributed by atoms with Crippen molar-refractivity contribution in [2.24, 2.45) is 0 Å². The lowest BCUT2D eigenvalue weighted by atomic mass is 9.85. The normalized spacial score (nSPS) is 22.1. The van der Waals surface area contributed by atoms with Crippen molar-refractivity contribution >= 4 is 48.5 Å². The molecule has 1 spiro atoms. The van der Waals surface area contributed by atoms with Gasteiger partial charge in [0.1, 0.15) is 5.66 Å². The van der Waals surface area contributed by atoms with Crippen LogP contribution >= 0.6 is 11.6 Å². The summed E-state index contributed by atoms with van der Waals surface area (Å²) in [7, 11) is -7.55. The van der Waals surface area contributed by atoms with E-state index in [0.29, 0.717) is 29.8 Å². The van der Waals surface area contributed by atoms with Gasteiger partial charge >= 0.3 is 0 Å². The quantitative estimate of drug-likeness (QED) is 0.261. The molecule has 266 valence electrons. The lowest BCUT2D eigenvalue weighted by molar-refractivity contribution is -0.155. The first-order chi connectivity index (χ1) is 23.9. The van der Waals surface area contributed by atoms with Crippen LogP contribution in [0.1, 0.15) is 18.4 Å². The van der Waals surface area contributed by atoms with Gasteiger partial charge < -0.3 is 14.7 Å². The summed E-state index contributed by atoms with van der Waals surface area (Å²) < 4.78 is 65.5. The number of carbonyl (C=O) groups is 1. The number of hydrogen-bond donors (Lipinski definition) is 1. The molecule has 1 amide bonds. The van der Waals surface area contributed by atoms with Gasteiger partial charge in [0, 0.05) is 55.8 Å². The van der Waals surface area contributed by atoms with E-state index in [-0.39, 0.29) is 36.7 Å². The molecule has 0 radical (unpaired) electrons. The Balaban J connectivity index is 1.27. The number of aliphatic hydroxyl groups excluding tert-OH is 1. The van der Waals surface area contributed by atoms with Gasteiger partial charge in [0.25, 0.3) is 20.0 Å². The van der Waals surface area contributed by atoms with E-state index in [0.717, 1.165) is 27.9 Å². The molecular formula is C35H40ClN5O7S2. The Labute approximate surface area is 297 Å². The Morgan fingerprint density at radius 2 is 1.56 bits per heavy atom. The molecule has 3 saturated heterocycles. The number of rotatable bonds is 10. The van der Waals surface area contributed by atoms with Crippen molar-refractivity contribution in [2.45, 2.75) is 40.5 Å². The van der Waals surface area contributed by atoms with Crippen LogP contribution in [0.2, 0.25) is 5.02 Å². The third-order valence-corrected chi connectivity index (χ3v) is 14.2. The average molecular weight is 742 g/mol. The maximum atomic E-state index is 14.8. The Kier molecular flexibility index (Phi) is 9.35. The second-order valence-corrected chi connectivity index (χ2v) is 17.4. The molecule has 0 aliphatic carbocycles. The van der Waals surface area contributed by atoms with E-state index in [9.17, 15) is 26.7 Å². The number of nitrogens with zero attached hydrogens (tertiary/aromatic N) is 5. The van der Waals surface area contributed by atoms with Crippen molar-refractivity contribution < 1.29 is 31.5 Å². The van der Waals surface area contributed by atoms with Crippen molar-refractivity contribution in [1.29, 1.82) is 0 Å². The molecule has 12 nitrogen and oxygen atoms in total. The number of amides is 1. The minimum absolute atomic E-state index is 0.0127. The molecule has 1 aromatic heterocycles. The van der Waals surface area contributed by atoms with Gasteiger partial charge in [0.05, 0.1) is 36.7 Å². The molecule has 3 aliphatic rings. The topological polar surface area (TPSA) is 133 Å². The van der Waals surface area contributed by atoms with E-state index in [1.165, 1.54) is 49.1 Å². The summed E-state index contributed by atoms with van der Waals surface area (Å²) in [4.78, 5) is 20.3. The summed E-state index contributed by atoms with van der Waals surface area (Å²) in [5.41, 5.74) is -0.413. The number of piperazine rings is 1. The number of aromatic nitrogens is 1. The second kappa shape index (κ2) is 13.3. The third kappa shape index (κ3) is 5.85. The van der Waals surface area contributed by atoms with E-state index >= 15 is 0 Å². The SMILES string of the molecule is COCC12CN(S(=O)(=O)c3cc4cc(Cl)ccc4n3S(=O)(=O)c3ccccc3)CC(=O)N1CC1(CCN(Cc3ccccc3)CC1)N2CCO. The van der Waals surface area contributed by atoms with Crippen LogP contribution in [0.25, 0.3) is 10.9 Å². The average Bonchev–Trinajstić information content (AvgIpc) is 3.62. The van der Waals surface area contributed by atoms with Crippen molar-refractivity contribution in [2.75, 3.05) is 59.6 Å². The number of carbonyl (C=O) groups excluding carboxylic acids is 1. The number of fused-ring (bicyclic) bond motifs is 2. The fourth-order valence-electron chi connectivity index (χ4n) is 8.12. The Morgan fingerprint density at radius 3 is 2.22 bits per heavy atom. The zero-order valence-corrected chi connectivity index (χ0v) is 30.1. The number of hydrogen-bond acceptors (Lipinski definition) is 9. The van der Waals surface area contributed by atoms with Crippen molar-refractivity contribution in [3.63, 3.8) is 0 Å².